The van der Waals surface area contributed by atoms with E-state index in [1.807, 2.05) is 36.4 Å². The van der Waals surface area contributed by atoms with Crippen LogP contribution in [0.1, 0.15) is 49.7 Å². The molecule has 2 atom stereocenters. The first kappa shape index (κ1) is 19.6. The highest BCUT2D eigenvalue weighted by Gasteiger charge is 2.54. The van der Waals surface area contributed by atoms with Gasteiger partial charge in [-0.1, -0.05) is 37.5 Å². The number of aliphatic imine (C=N–C) groups is 1. The summed E-state index contributed by atoms with van der Waals surface area (Å²) in [6.45, 7) is 0. The first-order valence-electron chi connectivity index (χ1n) is 11.0. The molecule has 1 saturated carbocycles. The number of fused-ring (bicyclic) bond motifs is 2. The van der Waals surface area contributed by atoms with Gasteiger partial charge in [-0.25, -0.2) is 4.99 Å². The Kier molecular flexibility index (Phi) is 4.70. The molecule has 1 amide bonds. The summed E-state index contributed by atoms with van der Waals surface area (Å²) >= 11 is 0. The molecule has 31 heavy (non-hydrogen) atoms. The summed E-state index contributed by atoms with van der Waals surface area (Å²) in [5.41, 5.74) is 8.27. The van der Waals surface area contributed by atoms with Crippen molar-refractivity contribution >= 4 is 11.9 Å². The smallest absolute Gasteiger partial charge is 0.261 e. The lowest BCUT2D eigenvalue weighted by Gasteiger charge is -2.41. The van der Waals surface area contributed by atoms with Crippen LogP contribution in [-0.4, -0.2) is 29.9 Å². The molecule has 5 rings (SSSR count). The van der Waals surface area contributed by atoms with Gasteiger partial charge in [0, 0.05) is 19.0 Å². The van der Waals surface area contributed by atoms with Gasteiger partial charge in [-0.05, 0) is 54.2 Å². The van der Waals surface area contributed by atoms with Gasteiger partial charge in [-0.3, -0.25) is 9.69 Å². The number of carbonyl (C=O) groups excluding carboxylic acids is 1. The molecule has 2 unspecified atom stereocenters. The van der Waals surface area contributed by atoms with Crippen molar-refractivity contribution in [2.75, 3.05) is 7.05 Å². The van der Waals surface area contributed by atoms with Crippen LogP contribution in [0, 0.1) is 17.2 Å². The van der Waals surface area contributed by atoms with E-state index in [1.165, 1.54) is 24.2 Å². The highest BCUT2D eigenvalue weighted by molar-refractivity contribution is 6.07. The third-order valence-electron chi connectivity index (χ3n) is 7.01. The molecule has 2 N–H and O–H groups in total. The van der Waals surface area contributed by atoms with Gasteiger partial charge in [-0.15, -0.1) is 0 Å². The number of guanidine groups is 1. The number of likely N-dealkylation sites (N-methyl/N-ethyl adjacent to an activating group) is 1. The summed E-state index contributed by atoms with van der Waals surface area (Å²) in [6.07, 6.45) is 6.39. The Balaban J connectivity index is 1.62. The summed E-state index contributed by atoms with van der Waals surface area (Å²) in [5, 5.41) is 9.26. The van der Waals surface area contributed by atoms with Gasteiger partial charge in [0.05, 0.1) is 11.6 Å². The Hall–Kier alpha value is -3.33. The fraction of sp³-hybridized carbons (Fsp3) is 0.400. The van der Waals surface area contributed by atoms with Crippen LogP contribution in [0.15, 0.2) is 47.5 Å². The van der Waals surface area contributed by atoms with Crippen molar-refractivity contribution in [3.63, 3.8) is 0 Å². The quantitative estimate of drug-likeness (QED) is 0.806. The number of amides is 1. The summed E-state index contributed by atoms with van der Waals surface area (Å²) in [6, 6.07) is 15.6. The average molecular weight is 415 g/mol. The Morgan fingerprint density at radius 1 is 1.16 bits per heavy atom. The van der Waals surface area contributed by atoms with E-state index >= 15 is 0 Å². The van der Waals surface area contributed by atoms with Crippen LogP contribution < -0.4 is 10.5 Å². The molecular formula is C25H26N4O2. The lowest BCUT2D eigenvalue weighted by molar-refractivity contribution is -0.132. The lowest BCUT2D eigenvalue weighted by Crippen LogP contribution is -2.47. The third kappa shape index (κ3) is 3.16. The van der Waals surface area contributed by atoms with Crippen LogP contribution in [0.3, 0.4) is 0 Å². The molecule has 1 aliphatic carbocycles. The number of rotatable bonds is 2. The second-order valence-electron chi connectivity index (χ2n) is 8.86. The number of hydrogen-bond acceptors (Lipinski definition) is 5. The van der Waals surface area contributed by atoms with Gasteiger partial charge in [0.2, 0.25) is 0 Å². The Morgan fingerprint density at radius 2 is 1.94 bits per heavy atom. The highest BCUT2D eigenvalue weighted by Crippen LogP contribution is 2.49. The molecule has 3 aliphatic rings. The summed E-state index contributed by atoms with van der Waals surface area (Å²) in [4.78, 5) is 19.7. The maximum Gasteiger partial charge on any atom is 0.261 e. The van der Waals surface area contributed by atoms with Gasteiger partial charge in [0.15, 0.2) is 11.5 Å². The zero-order chi connectivity index (χ0) is 21.6. The van der Waals surface area contributed by atoms with Crippen molar-refractivity contribution < 1.29 is 9.53 Å². The molecule has 2 aromatic carbocycles. The number of nitrogens with zero attached hydrogens (tertiary/aromatic N) is 3. The maximum atomic E-state index is 13.5. The van der Waals surface area contributed by atoms with Crippen molar-refractivity contribution in [2.45, 2.75) is 50.2 Å². The summed E-state index contributed by atoms with van der Waals surface area (Å²) in [5.74, 6) is 1.29. The fourth-order valence-corrected chi connectivity index (χ4v) is 5.29. The molecule has 2 aromatic rings. The number of hydrogen-bond donors (Lipinski definition) is 1. The van der Waals surface area contributed by atoms with E-state index in [2.05, 4.69) is 6.07 Å². The van der Waals surface area contributed by atoms with Crippen LogP contribution in [0.4, 0.5) is 0 Å². The monoisotopic (exact) mass is 414 g/mol. The zero-order valence-electron chi connectivity index (χ0n) is 17.7. The summed E-state index contributed by atoms with van der Waals surface area (Å²) in [7, 11) is 1.68. The topological polar surface area (TPSA) is 91.7 Å². The molecule has 0 bridgehead atoms. The molecule has 0 saturated heterocycles. The van der Waals surface area contributed by atoms with E-state index in [1.54, 1.807) is 13.1 Å². The van der Waals surface area contributed by atoms with E-state index in [9.17, 15) is 10.1 Å². The highest BCUT2D eigenvalue weighted by atomic mass is 16.5. The van der Waals surface area contributed by atoms with Crippen LogP contribution in [-0.2, 0) is 10.3 Å². The van der Waals surface area contributed by atoms with Crippen LogP contribution in [0.2, 0.25) is 0 Å². The number of benzene rings is 2. The molecule has 6 nitrogen and oxygen atoms in total. The summed E-state index contributed by atoms with van der Waals surface area (Å²) < 4.78 is 6.48. The molecular weight excluding hydrogens is 388 g/mol. The number of nitriles is 1. The minimum Gasteiger partial charge on any atom is -0.490 e. The normalized spacial score (nSPS) is 25.7. The van der Waals surface area contributed by atoms with Crippen LogP contribution >= 0.6 is 0 Å². The minimum absolute atomic E-state index is 0.0485. The van der Waals surface area contributed by atoms with E-state index in [0.717, 1.165) is 29.5 Å². The van der Waals surface area contributed by atoms with Crippen LogP contribution in [0.25, 0.3) is 11.1 Å². The van der Waals surface area contributed by atoms with Gasteiger partial charge >= 0.3 is 0 Å². The minimum atomic E-state index is -1.04. The van der Waals surface area contributed by atoms with Crippen molar-refractivity contribution in [2.24, 2.45) is 16.6 Å². The Labute approximate surface area is 182 Å². The standard InChI is InChI=1S/C25H26N4O2/c1-29-23(30)25(28-24(29)27)14-22(17-7-3-2-4-8-17)31-21-11-10-19(13-20(21)25)18-9-5-6-16(12-18)15-26/h5-6,9-13,17,22H,2-4,7-8,14H2,1H3,(H2,27,28). The first-order chi connectivity index (χ1) is 15.0. The van der Waals surface area contributed by atoms with Gasteiger partial charge in [0.1, 0.15) is 11.9 Å². The molecule has 2 heterocycles. The largest absolute Gasteiger partial charge is 0.490 e. The predicted molar refractivity (Wildman–Crippen MR) is 118 cm³/mol. The molecule has 1 spiro atoms. The molecule has 2 aliphatic heterocycles. The maximum absolute atomic E-state index is 13.5. The zero-order valence-corrected chi connectivity index (χ0v) is 17.7. The van der Waals surface area contributed by atoms with Crippen molar-refractivity contribution in [3.05, 3.63) is 53.6 Å². The SMILES string of the molecule is CN1C(=O)C2(CC(C3CCCCC3)Oc3ccc(-c4cccc(C#N)c4)cc32)N=C1N. The second-order valence-corrected chi connectivity index (χ2v) is 8.86. The Morgan fingerprint density at radius 3 is 2.65 bits per heavy atom. The van der Waals surface area contributed by atoms with E-state index in [-0.39, 0.29) is 18.0 Å². The molecule has 0 aromatic heterocycles. The van der Waals surface area contributed by atoms with Crippen molar-refractivity contribution in [1.82, 2.24) is 4.90 Å². The number of carbonyl (C=O) groups is 1. The number of ether oxygens (including phenoxy) is 1. The predicted octanol–water partition coefficient (Wildman–Crippen LogP) is 3.94. The van der Waals surface area contributed by atoms with Gasteiger partial charge in [-0.2, -0.15) is 5.26 Å². The first-order valence-corrected chi connectivity index (χ1v) is 11.0. The third-order valence-corrected chi connectivity index (χ3v) is 7.01. The Bertz CT molecular complexity index is 1110. The van der Waals surface area contributed by atoms with Gasteiger partial charge in [0.25, 0.3) is 5.91 Å². The molecule has 6 heteroatoms. The lowest BCUT2D eigenvalue weighted by atomic mass is 9.74. The fourth-order valence-electron chi connectivity index (χ4n) is 5.29. The molecule has 1 fully saturated rings. The molecule has 0 radical (unpaired) electrons. The van der Waals surface area contributed by atoms with Gasteiger partial charge < -0.3 is 10.5 Å². The van der Waals surface area contributed by atoms with Crippen LogP contribution in [0.5, 0.6) is 5.75 Å². The molecule has 158 valence electrons. The average Bonchev–Trinajstić information content (AvgIpc) is 3.03. The van der Waals surface area contributed by atoms with E-state index < -0.39 is 5.54 Å². The van der Waals surface area contributed by atoms with E-state index in [4.69, 9.17) is 15.5 Å². The van der Waals surface area contributed by atoms with Crippen molar-refractivity contribution in [1.29, 1.82) is 5.26 Å². The van der Waals surface area contributed by atoms with E-state index in [0.29, 0.717) is 23.7 Å². The van der Waals surface area contributed by atoms with Crippen molar-refractivity contribution in [3.8, 4) is 22.9 Å². The number of nitrogens with two attached hydrogens (primary N) is 1. The second kappa shape index (κ2) is 7.42.